The molecule has 1 amide bonds. The van der Waals surface area contributed by atoms with Crippen LogP contribution in [0.2, 0.25) is 0 Å². The van der Waals surface area contributed by atoms with Crippen molar-refractivity contribution in [2.24, 2.45) is 0 Å². The number of hydrogen-bond donors (Lipinski definition) is 1. The van der Waals surface area contributed by atoms with E-state index in [1.54, 1.807) is 6.92 Å². The molecule has 0 saturated heterocycles. The molecule has 0 bridgehead atoms. The summed E-state index contributed by atoms with van der Waals surface area (Å²) in [5.74, 6) is -2.92. The van der Waals surface area contributed by atoms with Crippen LogP contribution in [0.4, 0.5) is 18.3 Å². The van der Waals surface area contributed by atoms with E-state index < -0.39 is 23.4 Å². The van der Waals surface area contributed by atoms with Gasteiger partial charge in [0.15, 0.2) is 16.8 Å². The Kier molecular flexibility index (Phi) is 4.35. The number of benzene rings is 2. The fourth-order valence-electron chi connectivity index (χ4n) is 2.16. The zero-order valence-electron chi connectivity index (χ0n) is 12.4. The van der Waals surface area contributed by atoms with Gasteiger partial charge in [0.1, 0.15) is 5.82 Å². The molecule has 2 aromatic carbocycles. The van der Waals surface area contributed by atoms with Crippen molar-refractivity contribution in [3.63, 3.8) is 0 Å². The molecule has 3 aromatic rings. The first-order valence-corrected chi connectivity index (χ1v) is 7.75. The van der Waals surface area contributed by atoms with Gasteiger partial charge in [0, 0.05) is 16.0 Å². The number of carbonyl (C=O) groups excluding carboxylic acids is 1. The molecular formula is C17H11F3N2OS. The number of aryl methyl sites for hydroxylation is 1. The highest BCUT2D eigenvalue weighted by molar-refractivity contribution is 7.16. The molecule has 3 rings (SSSR count). The lowest BCUT2D eigenvalue weighted by Crippen LogP contribution is -2.11. The fourth-order valence-corrected chi connectivity index (χ4v) is 2.99. The van der Waals surface area contributed by atoms with E-state index in [1.165, 1.54) is 35.6 Å². The van der Waals surface area contributed by atoms with Crippen LogP contribution in [0.3, 0.4) is 0 Å². The minimum Gasteiger partial charge on any atom is -0.298 e. The summed E-state index contributed by atoms with van der Waals surface area (Å²) in [6, 6.07) is 8.76. The molecule has 0 atom stereocenters. The van der Waals surface area contributed by atoms with Crippen molar-refractivity contribution in [3.05, 3.63) is 70.4 Å². The third-order valence-electron chi connectivity index (χ3n) is 3.30. The Bertz CT molecular complexity index is 924. The quantitative estimate of drug-likeness (QED) is 0.739. The predicted octanol–water partition coefficient (Wildman–Crippen LogP) is 4.79. The van der Waals surface area contributed by atoms with E-state index in [1.807, 2.05) is 0 Å². The molecule has 0 radical (unpaired) electrons. The summed E-state index contributed by atoms with van der Waals surface area (Å²) < 4.78 is 39.6. The van der Waals surface area contributed by atoms with E-state index in [-0.39, 0.29) is 5.56 Å². The van der Waals surface area contributed by atoms with Gasteiger partial charge < -0.3 is 0 Å². The number of aromatic nitrogens is 1. The van der Waals surface area contributed by atoms with Gasteiger partial charge in [-0.3, -0.25) is 10.1 Å². The number of carbonyl (C=O) groups is 1. The smallest absolute Gasteiger partial charge is 0.257 e. The Labute approximate surface area is 139 Å². The third-order valence-corrected chi connectivity index (χ3v) is 4.18. The van der Waals surface area contributed by atoms with Gasteiger partial charge in [-0.05, 0) is 43.3 Å². The summed E-state index contributed by atoms with van der Waals surface area (Å²) >= 11 is 1.19. The molecule has 0 saturated carbocycles. The van der Waals surface area contributed by atoms with Crippen molar-refractivity contribution >= 4 is 22.4 Å². The summed E-state index contributed by atoms with van der Waals surface area (Å²) in [5.41, 5.74) is 1.03. The largest absolute Gasteiger partial charge is 0.298 e. The second-order valence-electron chi connectivity index (χ2n) is 5.02. The molecule has 0 aliphatic heterocycles. The van der Waals surface area contributed by atoms with E-state index in [2.05, 4.69) is 10.3 Å². The van der Waals surface area contributed by atoms with Crippen LogP contribution >= 0.6 is 11.3 Å². The predicted molar refractivity (Wildman–Crippen MR) is 86.6 cm³/mol. The number of nitrogens with zero attached hydrogens (tertiary/aromatic N) is 1. The number of hydrogen-bond acceptors (Lipinski definition) is 3. The standard InChI is InChI=1S/C17H11F3N2OS/c1-9-15(10-5-6-13(19)14(20)8-10)21-17(24-9)22-16(23)11-3-2-4-12(18)7-11/h2-8H,1H3,(H,21,22,23). The molecule has 0 fully saturated rings. The molecule has 0 aliphatic rings. The van der Waals surface area contributed by atoms with Gasteiger partial charge in [0.05, 0.1) is 5.69 Å². The Morgan fingerprint density at radius 1 is 1.08 bits per heavy atom. The van der Waals surface area contributed by atoms with Crippen LogP contribution in [0.1, 0.15) is 15.2 Å². The lowest BCUT2D eigenvalue weighted by atomic mass is 10.1. The average Bonchev–Trinajstić information content (AvgIpc) is 2.90. The van der Waals surface area contributed by atoms with Crippen LogP contribution in [0, 0.1) is 24.4 Å². The molecule has 1 N–H and O–H groups in total. The van der Waals surface area contributed by atoms with Crippen LogP contribution in [0.25, 0.3) is 11.3 Å². The van der Waals surface area contributed by atoms with Gasteiger partial charge in [0.2, 0.25) is 0 Å². The molecule has 3 nitrogen and oxygen atoms in total. The Morgan fingerprint density at radius 3 is 2.58 bits per heavy atom. The maximum atomic E-state index is 13.4. The van der Waals surface area contributed by atoms with Crippen LogP contribution in [-0.2, 0) is 0 Å². The van der Waals surface area contributed by atoms with Gasteiger partial charge in [-0.2, -0.15) is 0 Å². The van der Waals surface area contributed by atoms with Gasteiger partial charge in [-0.15, -0.1) is 11.3 Å². The first-order chi connectivity index (χ1) is 11.4. The third kappa shape index (κ3) is 3.30. The summed E-state index contributed by atoms with van der Waals surface area (Å²) in [7, 11) is 0. The molecule has 0 spiro atoms. The van der Waals surface area contributed by atoms with Crippen molar-refractivity contribution in [1.29, 1.82) is 0 Å². The van der Waals surface area contributed by atoms with Crippen LogP contribution in [0.5, 0.6) is 0 Å². The number of thiazole rings is 1. The number of amides is 1. The molecule has 0 unspecified atom stereocenters. The van der Waals surface area contributed by atoms with Crippen molar-refractivity contribution in [2.45, 2.75) is 6.92 Å². The van der Waals surface area contributed by atoms with E-state index in [4.69, 9.17) is 0 Å². The van der Waals surface area contributed by atoms with E-state index in [0.29, 0.717) is 16.4 Å². The minimum atomic E-state index is -0.967. The van der Waals surface area contributed by atoms with E-state index >= 15 is 0 Å². The number of nitrogens with one attached hydrogen (secondary N) is 1. The Hall–Kier alpha value is -2.67. The highest BCUT2D eigenvalue weighted by Gasteiger charge is 2.15. The second-order valence-corrected chi connectivity index (χ2v) is 6.22. The molecule has 7 heteroatoms. The van der Waals surface area contributed by atoms with Crippen molar-refractivity contribution < 1.29 is 18.0 Å². The Morgan fingerprint density at radius 2 is 1.88 bits per heavy atom. The maximum Gasteiger partial charge on any atom is 0.257 e. The lowest BCUT2D eigenvalue weighted by Gasteiger charge is -2.02. The average molecular weight is 348 g/mol. The Balaban J connectivity index is 1.86. The van der Waals surface area contributed by atoms with Crippen LogP contribution < -0.4 is 5.32 Å². The summed E-state index contributed by atoms with van der Waals surface area (Å²) in [6.45, 7) is 1.76. The van der Waals surface area contributed by atoms with Crippen LogP contribution in [-0.4, -0.2) is 10.9 Å². The molecule has 1 heterocycles. The SMILES string of the molecule is Cc1sc(NC(=O)c2cccc(F)c2)nc1-c1ccc(F)c(F)c1. The zero-order chi connectivity index (χ0) is 17.3. The number of anilines is 1. The fraction of sp³-hybridized carbons (Fsp3) is 0.0588. The van der Waals surface area contributed by atoms with Crippen molar-refractivity contribution in [2.75, 3.05) is 5.32 Å². The number of halogens is 3. The molecule has 1 aromatic heterocycles. The topological polar surface area (TPSA) is 42.0 Å². The normalized spacial score (nSPS) is 10.7. The summed E-state index contributed by atoms with van der Waals surface area (Å²) in [4.78, 5) is 17.1. The summed E-state index contributed by atoms with van der Waals surface area (Å²) in [5, 5.41) is 2.87. The molecule has 24 heavy (non-hydrogen) atoms. The van der Waals surface area contributed by atoms with Gasteiger partial charge in [-0.25, -0.2) is 18.2 Å². The van der Waals surface area contributed by atoms with Crippen LogP contribution in [0.15, 0.2) is 42.5 Å². The summed E-state index contributed by atoms with van der Waals surface area (Å²) in [6.07, 6.45) is 0. The highest BCUT2D eigenvalue weighted by Crippen LogP contribution is 2.31. The van der Waals surface area contributed by atoms with Gasteiger partial charge in [-0.1, -0.05) is 6.07 Å². The number of rotatable bonds is 3. The van der Waals surface area contributed by atoms with E-state index in [9.17, 15) is 18.0 Å². The molecule has 122 valence electrons. The van der Waals surface area contributed by atoms with Gasteiger partial charge >= 0.3 is 0 Å². The first-order valence-electron chi connectivity index (χ1n) is 6.94. The zero-order valence-corrected chi connectivity index (χ0v) is 13.3. The lowest BCUT2D eigenvalue weighted by molar-refractivity contribution is 0.102. The van der Waals surface area contributed by atoms with E-state index in [0.717, 1.165) is 23.1 Å². The maximum absolute atomic E-state index is 13.4. The minimum absolute atomic E-state index is 0.164. The molecular weight excluding hydrogens is 337 g/mol. The van der Waals surface area contributed by atoms with Crippen molar-refractivity contribution in [3.8, 4) is 11.3 Å². The van der Waals surface area contributed by atoms with Crippen molar-refractivity contribution in [1.82, 2.24) is 4.98 Å². The first kappa shape index (κ1) is 16.2. The monoisotopic (exact) mass is 348 g/mol. The molecule has 0 aliphatic carbocycles. The van der Waals surface area contributed by atoms with Gasteiger partial charge in [0.25, 0.3) is 5.91 Å². The second kappa shape index (κ2) is 6.45. The highest BCUT2D eigenvalue weighted by atomic mass is 32.1.